The quantitative estimate of drug-likeness (QED) is 0.555. The summed E-state index contributed by atoms with van der Waals surface area (Å²) in [6.07, 6.45) is -3.15. The van der Waals surface area contributed by atoms with Crippen LogP contribution in [0.15, 0.2) is 60.8 Å². The van der Waals surface area contributed by atoms with Crippen molar-refractivity contribution in [1.29, 1.82) is 0 Å². The molecule has 0 aliphatic rings. The lowest BCUT2D eigenvalue weighted by Gasteiger charge is -2.13. The van der Waals surface area contributed by atoms with E-state index in [9.17, 15) is 13.2 Å². The standard InChI is InChI=1S/C18H12F3N5/c19-18(20,21)14-7-3-1-5-12(14)11-9-16(25-22-10-11)23-17-13-6-2-4-8-15(13)24-26-17/h1-10H,(H2,23,24,25,26). The highest BCUT2D eigenvalue weighted by atomic mass is 19.4. The van der Waals surface area contributed by atoms with Crippen LogP contribution in [-0.2, 0) is 6.18 Å². The molecular formula is C18H12F3N5. The molecule has 0 aliphatic carbocycles. The number of benzene rings is 2. The number of aromatic amines is 1. The monoisotopic (exact) mass is 355 g/mol. The average molecular weight is 355 g/mol. The second kappa shape index (κ2) is 6.14. The summed E-state index contributed by atoms with van der Waals surface area (Å²) in [7, 11) is 0. The minimum Gasteiger partial charge on any atom is -0.321 e. The molecule has 0 radical (unpaired) electrons. The molecule has 0 amide bonds. The molecule has 2 aromatic heterocycles. The largest absolute Gasteiger partial charge is 0.417 e. The maximum absolute atomic E-state index is 13.2. The molecule has 26 heavy (non-hydrogen) atoms. The molecule has 0 bridgehead atoms. The lowest BCUT2D eigenvalue weighted by molar-refractivity contribution is -0.137. The zero-order valence-corrected chi connectivity index (χ0v) is 13.2. The van der Waals surface area contributed by atoms with Gasteiger partial charge >= 0.3 is 6.18 Å². The zero-order valence-electron chi connectivity index (χ0n) is 13.2. The summed E-state index contributed by atoms with van der Waals surface area (Å²) in [5.41, 5.74) is 0.478. The fourth-order valence-corrected chi connectivity index (χ4v) is 2.74. The Morgan fingerprint density at radius 2 is 1.73 bits per heavy atom. The molecule has 4 aromatic rings. The van der Waals surface area contributed by atoms with E-state index in [2.05, 4.69) is 25.7 Å². The van der Waals surface area contributed by atoms with Crippen LogP contribution in [0.4, 0.5) is 24.8 Å². The first-order chi connectivity index (χ1) is 12.5. The van der Waals surface area contributed by atoms with Crippen molar-refractivity contribution in [2.75, 3.05) is 5.32 Å². The summed E-state index contributed by atoms with van der Waals surface area (Å²) in [5.74, 6) is 0.827. The predicted octanol–water partition coefficient (Wildman–Crippen LogP) is 4.78. The fourth-order valence-electron chi connectivity index (χ4n) is 2.74. The Hall–Kier alpha value is -3.42. The van der Waals surface area contributed by atoms with E-state index in [1.807, 2.05) is 24.3 Å². The van der Waals surface area contributed by atoms with Crippen molar-refractivity contribution in [3.8, 4) is 11.1 Å². The van der Waals surface area contributed by atoms with Crippen molar-refractivity contribution in [3.05, 3.63) is 66.4 Å². The van der Waals surface area contributed by atoms with E-state index in [0.29, 0.717) is 17.2 Å². The molecule has 0 spiro atoms. The zero-order chi connectivity index (χ0) is 18.1. The van der Waals surface area contributed by atoms with E-state index in [0.717, 1.165) is 17.0 Å². The molecule has 0 fully saturated rings. The summed E-state index contributed by atoms with van der Waals surface area (Å²) in [6.45, 7) is 0. The van der Waals surface area contributed by atoms with Crippen LogP contribution in [0.25, 0.3) is 22.0 Å². The van der Waals surface area contributed by atoms with Crippen LogP contribution in [0, 0.1) is 0 Å². The second-order valence-electron chi connectivity index (χ2n) is 5.62. The van der Waals surface area contributed by atoms with E-state index in [4.69, 9.17) is 0 Å². The molecule has 4 rings (SSSR count). The highest BCUT2D eigenvalue weighted by molar-refractivity contribution is 5.91. The van der Waals surface area contributed by atoms with Crippen molar-refractivity contribution < 1.29 is 13.2 Å². The van der Waals surface area contributed by atoms with Gasteiger partial charge in [-0.2, -0.15) is 23.4 Å². The van der Waals surface area contributed by atoms with Crippen LogP contribution in [0.5, 0.6) is 0 Å². The summed E-state index contributed by atoms with van der Waals surface area (Å²) in [6, 6.07) is 14.4. The van der Waals surface area contributed by atoms with Crippen LogP contribution >= 0.6 is 0 Å². The number of hydrogen-bond donors (Lipinski definition) is 2. The Morgan fingerprint density at radius 1 is 0.962 bits per heavy atom. The van der Waals surface area contributed by atoms with Gasteiger partial charge in [0.25, 0.3) is 0 Å². The molecule has 0 atom stereocenters. The van der Waals surface area contributed by atoms with E-state index in [1.54, 1.807) is 6.07 Å². The summed E-state index contributed by atoms with van der Waals surface area (Å²) < 4.78 is 39.7. The van der Waals surface area contributed by atoms with Gasteiger partial charge in [0.15, 0.2) is 11.6 Å². The van der Waals surface area contributed by atoms with Crippen LogP contribution in [0.3, 0.4) is 0 Å². The smallest absolute Gasteiger partial charge is 0.321 e. The van der Waals surface area contributed by atoms with Gasteiger partial charge in [-0.25, -0.2) is 0 Å². The van der Waals surface area contributed by atoms with Crippen molar-refractivity contribution in [3.63, 3.8) is 0 Å². The molecule has 8 heteroatoms. The van der Waals surface area contributed by atoms with Crippen LogP contribution in [0.2, 0.25) is 0 Å². The highest BCUT2D eigenvalue weighted by Crippen LogP contribution is 2.37. The Kier molecular flexibility index (Phi) is 3.80. The number of anilines is 2. The lowest BCUT2D eigenvalue weighted by atomic mass is 10.0. The number of nitrogens with zero attached hydrogens (tertiary/aromatic N) is 3. The normalized spacial score (nSPS) is 11.7. The third kappa shape index (κ3) is 2.97. The molecule has 0 unspecified atom stereocenters. The van der Waals surface area contributed by atoms with Crippen LogP contribution < -0.4 is 5.32 Å². The average Bonchev–Trinajstić information content (AvgIpc) is 3.04. The first kappa shape index (κ1) is 16.1. The molecule has 130 valence electrons. The van der Waals surface area contributed by atoms with Gasteiger partial charge in [0.2, 0.25) is 0 Å². The first-order valence-electron chi connectivity index (χ1n) is 7.72. The third-order valence-corrected chi connectivity index (χ3v) is 3.91. The summed E-state index contributed by atoms with van der Waals surface area (Å²) >= 11 is 0. The Morgan fingerprint density at radius 3 is 2.58 bits per heavy atom. The number of aromatic nitrogens is 4. The van der Waals surface area contributed by atoms with Gasteiger partial charge in [0, 0.05) is 10.9 Å². The summed E-state index contributed by atoms with van der Waals surface area (Å²) in [4.78, 5) is 0. The number of hydrogen-bond acceptors (Lipinski definition) is 4. The Balaban J connectivity index is 1.72. The second-order valence-corrected chi connectivity index (χ2v) is 5.62. The molecule has 5 nitrogen and oxygen atoms in total. The van der Waals surface area contributed by atoms with Gasteiger partial charge in [0.05, 0.1) is 17.3 Å². The molecule has 2 heterocycles. The lowest BCUT2D eigenvalue weighted by Crippen LogP contribution is -2.07. The van der Waals surface area contributed by atoms with Crippen molar-refractivity contribution >= 4 is 22.5 Å². The number of rotatable bonds is 3. The Labute approximate surface area is 145 Å². The minimum absolute atomic E-state index is 0.0461. The molecule has 2 aromatic carbocycles. The predicted molar refractivity (Wildman–Crippen MR) is 91.8 cm³/mol. The van der Waals surface area contributed by atoms with E-state index in [-0.39, 0.29) is 5.56 Å². The third-order valence-electron chi connectivity index (χ3n) is 3.91. The number of halogens is 3. The molecular weight excluding hydrogens is 343 g/mol. The van der Waals surface area contributed by atoms with Crippen LogP contribution in [0.1, 0.15) is 5.56 Å². The first-order valence-corrected chi connectivity index (χ1v) is 7.72. The number of H-pyrrole nitrogens is 1. The Bertz CT molecular complexity index is 1070. The number of nitrogens with one attached hydrogen (secondary N) is 2. The van der Waals surface area contributed by atoms with Gasteiger partial charge < -0.3 is 5.32 Å². The van der Waals surface area contributed by atoms with Gasteiger partial charge in [0.1, 0.15) is 0 Å². The molecule has 2 N–H and O–H groups in total. The maximum atomic E-state index is 13.2. The maximum Gasteiger partial charge on any atom is 0.417 e. The van der Waals surface area contributed by atoms with Crippen molar-refractivity contribution in [2.24, 2.45) is 0 Å². The SMILES string of the molecule is FC(F)(F)c1ccccc1-c1cnnc(Nc2n[nH]c3ccccc23)c1. The van der Waals surface area contributed by atoms with E-state index < -0.39 is 11.7 Å². The molecule has 0 saturated carbocycles. The van der Waals surface area contributed by atoms with Crippen molar-refractivity contribution in [2.45, 2.75) is 6.18 Å². The van der Waals surface area contributed by atoms with Gasteiger partial charge in [-0.3, -0.25) is 5.10 Å². The summed E-state index contributed by atoms with van der Waals surface area (Å²) in [5, 5.41) is 18.7. The number of fused-ring (bicyclic) bond motifs is 1. The highest BCUT2D eigenvalue weighted by Gasteiger charge is 2.33. The van der Waals surface area contributed by atoms with Gasteiger partial charge in [-0.05, 0) is 29.8 Å². The van der Waals surface area contributed by atoms with Gasteiger partial charge in [-0.15, -0.1) is 5.10 Å². The minimum atomic E-state index is -4.45. The van der Waals surface area contributed by atoms with Crippen molar-refractivity contribution in [1.82, 2.24) is 20.4 Å². The van der Waals surface area contributed by atoms with E-state index >= 15 is 0 Å². The fraction of sp³-hybridized carbons (Fsp3) is 0.0556. The molecule has 0 saturated heterocycles. The topological polar surface area (TPSA) is 66.5 Å². The number of alkyl halides is 3. The van der Waals surface area contributed by atoms with Gasteiger partial charge in [-0.1, -0.05) is 30.3 Å². The number of para-hydroxylation sites is 1. The van der Waals surface area contributed by atoms with E-state index in [1.165, 1.54) is 24.4 Å². The molecule has 0 aliphatic heterocycles. The van der Waals surface area contributed by atoms with Crippen LogP contribution in [-0.4, -0.2) is 20.4 Å².